The van der Waals surface area contributed by atoms with Gasteiger partial charge in [-0.2, -0.15) is 9.40 Å². The number of rotatable bonds is 8. The minimum atomic E-state index is -3.63. The Morgan fingerprint density at radius 2 is 1.96 bits per heavy atom. The van der Waals surface area contributed by atoms with Crippen LogP contribution in [0.25, 0.3) is 0 Å². The highest BCUT2D eigenvalue weighted by Gasteiger charge is 2.27. The van der Waals surface area contributed by atoms with Crippen LogP contribution in [-0.2, 0) is 21.3 Å². The molecule has 0 aliphatic carbocycles. The van der Waals surface area contributed by atoms with Crippen molar-refractivity contribution in [2.45, 2.75) is 36.7 Å². The van der Waals surface area contributed by atoms with E-state index in [4.69, 9.17) is 10.5 Å². The van der Waals surface area contributed by atoms with Gasteiger partial charge in [-0.1, -0.05) is 30.3 Å². The Morgan fingerprint density at radius 3 is 2.65 bits per heavy atom. The standard InChI is InChI=1S/C18H26N4O3S/c19-9-4-10-21(14-16-5-2-1-3-6-16)26(23,24)18-13-20-22(15-18)17-7-11-25-12-8-17/h1-3,5-6,13,15,17H,4,7-12,14,19H2. The normalized spacial score (nSPS) is 16.2. The van der Waals surface area contributed by atoms with Crippen LogP contribution in [0.15, 0.2) is 47.6 Å². The molecule has 0 amide bonds. The van der Waals surface area contributed by atoms with Crippen LogP contribution in [0, 0.1) is 0 Å². The number of nitrogens with two attached hydrogens (primary N) is 1. The van der Waals surface area contributed by atoms with Gasteiger partial charge >= 0.3 is 0 Å². The third-order valence-corrected chi connectivity index (χ3v) is 6.39. The monoisotopic (exact) mass is 378 g/mol. The first-order chi connectivity index (χ1) is 12.6. The van der Waals surface area contributed by atoms with E-state index in [1.54, 1.807) is 10.9 Å². The summed E-state index contributed by atoms with van der Waals surface area (Å²) < 4.78 is 34.9. The molecule has 0 atom stereocenters. The Labute approximate surface area is 154 Å². The molecular formula is C18H26N4O3S. The molecule has 2 aromatic rings. The van der Waals surface area contributed by atoms with Gasteiger partial charge in [-0.15, -0.1) is 0 Å². The highest BCUT2D eigenvalue weighted by molar-refractivity contribution is 7.89. The average Bonchev–Trinajstić information content (AvgIpc) is 3.17. The predicted molar refractivity (Wildman–Crippen MR) is 99.0 cm³/mol. The highest BCUT2D eigenvalue weighted by Crippen LogP contribution is 2.23. The Morgan fingerprint density at radius 1 is 1.23 bits per heavy atom. The van der Waals surface area contributed by atoms with Crippen molar-refractivity contribution in [2.75, 3.05) is 26.3 Å². The molecule has 142 valence electrons. The topological polar surface area (TPSA) is 90.5 Å². The van der Waals surface area contributed by atoms with Crippen LogP contribution in [0.5, 0.6) is 0 Å². The van der Waals surface area contributed by atoms with Crippen LogP contribution in [0.1, 0.15) is 30.9 Å². The van der Waals surface area contributed by atoms with Crippen LogP contribution in [-0.4, -0.2) is 48.8 Å². The second-order valence-corrected chi connectivity index (χ2v) is 8.40. The van der Waals surface area contributed by atoms with E-state index in [0.29, 0.717) is 39.3 Å². The lowest BCUT2D eigenvalue weighted by atomic mass is 10.1. The summed E-state index contributed by atoms with van der Waals surface area (Å²) in [5.41, 5.74) is 6.55. The molecule has 1 aliphatic rings. The lowest BCUT2D eigenvalue weighted by molar-refractivity contribution is 0.0662. The first kappa shape index (κ1) is 19.0. The van der Waals surface area contributed by atoms with Gasteiger partial charge in [0.25, 0.3) is 0 Å². The van der Waals surface area contributed by atoms with Gasteiger partial charge in [0, 0.05) is 32.5 Å². The number of hydrogen-bond acceptors (Lipinski definition) is 5. The van der Waals surface area contributed by atoms with Crippen LogP contribution < -0.4 is 5.73 Å². The van der Waals surface area contributed by atoms with Crippen molar-refractivity contribution >= 4 is 10.0 Å². The summed E-state index contributed by atoms with van der Waals surface area (Å²) in [6.45, 7) is 2.52. The molecule has 1 fully saturated rings. The molecule has 1 aromatic heterocycles. The van der Waals surface area contributed by atoms with E-state index < -0.39 is 10.0 Å². The molecule has 1 aromatic carbocycles. The van der Waals surface area contributed by atoms with Crippen molar-refractivity contribution in [1.82, 2.24) is 14.1 Å². The van der Waals surface area contributed by atoms with E-state index in [1.165, 1.54) is 10.5 Å². The van der Waals surface area contributed by atoms with Crippen molar-refractivity contribution in [3.8, 4) is 0 Å². The average molecular weight is 378 g/mol. The third-order valence-electron chi connectivity index (χ3n) is 4.59. The maximum Gasteiger partial charge on any atom is 0.246 e. The maximum absolute atomic E-state index is 13.1. The lowest BCUT2D eigenvalue weighted by Gasteiger charge is -2.23. The fourth-order valence-corrected chi connectivity index (χ4v) is 4.50. The van der Waals surface area contributed by atoms with E-state index in [1.807, 2.05) is 30.3 Å². The molecular weight excluding hydrogens is 352 g/mol. The van der Waals surface area contributed by atoms with Crippen molar-refractivity contribution in [3.63, 3.8) is 0 Å². The Balaban J connectivity index is 1.81. The van der Waals surface area contributed by atoms with Crippen molar-refractivity contribution in [2.24, 2.45) is 5.73 Å². The molecule has 0 bridgehead atoms. The zero-order chi connectivity index (χ0) is 18.4. The molecule has 8 heteroatoms. The minimum absolute atomic E-state index is 0.194. The summed E-state index contributed by atoms with van der Waals surface area (Å²) in [5.74, 6) is 0. The summed E-state index contributed by atoms with van der Waals surface area (Å²) >= 11 is 0. The highest BCUT2D eigenvalue weighted by atomic mass is 32.2. The van der Waals surface area contributed by atoms with Gasteiger partial charge in [-0.05, 0) is 31.4 Å². The van der Waals surface area contributed by atoms with Crippen LogP contribution in [0.4, 0.5) is 0 Å². The van der Waals surface area contributed by atoms with Gasteiger partial charge in [0.2, 0.25) is 10.0 Å². The zero-order valence-electron chi connectivity index (χ0n) is 14.8. The zero-order valence-corrected chi connectivity index (χ0v) is 15.6. The predicted octanol–water partition coefficient (Wildman–Crippen LogP) is 1.77. The van der Waals surface area contributed by atoms with Crippen molar-refractivity contribution in [3.05, 3.63) is 48.3 Å². The fraction of sp³-hybridized carbons (Fsp3) is 0.500. The Bertz CT molecular complexity index is 786. The number of nitrogens with zero attached hydrogens (tertiary/aromatic N) is 3. The molecule has 0 saturated carbocycles. The minimum Gasteiger partial charge on any atom is -0.381 e. The molecule has 0 unspecified atom stereocenters. The summed E-state index contributed by atoms with van der Waals surface area (Å²) in [5, 5.41) is 4.31. The first-order valence-corrected chi connectivity index (χ1v) is 10.4. The summed E-state index contributed by atoms with van der Waals surface area (Å²) in [7, 11) is -3.63. The van der Waals surface area contributed by atoms with Gasteiger partial charge in [-0.25, -0.2) is 8.42 Å². The van der Waals surface area contributed by atoms with Crippen molar-refractivity contribution in [1.29, 1.82) is 0 Å². The van der Waals surface area contributed by atoms with Crippen LogP contribution >= 0.6 is 0 Å². The number of sulfonamides is 1. The van der Waals surface area contributed by atoms with Gasteiger partial charge in [0.1, 0.15) is 4.90 Å². The quantitative estimate of drug-likeness (QED) is 0.756. The van der Waals surface area contributed by atoms with E-state index in [-0.39, 0.29) is 10.9 Å². The largest absolute Gasteiger partial charge is 0.381 e. The Kier molecular flexibility index (Phi) is 6.42. The van der Waals surface area contributed by atoms with Crippen LogP contribution in [0.2, 0.25) is 0 Å². The second kappa shape index (κ2) is 8.77. The number of benzene rings is 1. The van der Waals surface area contributed by atoms with Gasteiger partial charge in [0.05, 0.1) is 12.2 Å². The first-order valence-electron chi connectivity index (χ1n) is 8.97. The summed E-state index contributed by atoms with van der Waals surface area (Å²) in [6, 6.07) is 9.78. The number of ether oxygens (including phenoxy) is 1. The van der Waals surface area contributed by atoms with E-state index in [2.05, 4.69) is 5.10 Å². The third kappa shape index (κ3) is 4.50. The Hall–Kier alpha value is -1.74. The molecule has 26 heavy (non-hydrogen) atoms. The van der Waals surface area contributed by atoms with Crippen LogP contribution in [0.3, 0.4) is 0 Å². The molecule has 7 nitrogen and oxygen atoms in total. The summed E-state index contributed by atoms with van der Waals surface area (Å²) in [6.07, 6.45) is 5.40. The molecule has 2 N–H and O–H groups in total. The molecule has 2 heterocycles. The number of aromatic nitrogens is 2. The van der Waals surface area contributed by atoms with Crippen molar-refractivity contribution < 1.29 is 13.2 Å². The SMILES string of the molecule is NCCCN(Cc1ccccc1)S(=O)(=O)c1cnn(C2CCOCC2)c1. The molecule has 1 aliphatic heterocycles. The molecule has 3 rings (SSSR count). The van der Waals surface area contributed by atoms with Gasteiger partial charge < -0.3 is 10.5 Å². The van der Waals surface area contributed by atoms with E-state index >= 15 is 0 Å². The van der Waals surface area contributed by atoms with E-state index in [9.17, 15) is 8.42 Å². The second-order valence-electron chi connectivity index (χ2n) is 6.47. The smallest absolute Gasteiger partial charge is 0.246 e. The van der Waals surface area contributed by atoms with E-state index in [0.717, 1.165) is 18.4 Å². The number of hydrogen-bond donors (Lipinski definition) is 1. The lowest BCUT2D eigenvalue weighted by Crippen LogP contribution is -2.32. The molecule has 0 spiro atoms. The molecule has 1 saturated heterocycles. The molecule has 0 radical (unpaired) electrons. The van der Waals surface area contributed by atoms with Gasteiger partial charge in [0.15, 0.2) is 0 Å². The fourth-order valence-electron chi connectivity index (χ4n) is 3.09. The van der Waals surface area contributed by atoms with Gasteiger partial charge in [-0.3, -0.25) is 4.68 Å². The maximum atomic E-state index is 13.1. The summed E-state index contributed by atoms with van der Waals surface area (Å²) in [4.78, 5) is 0.233.